The van der Waals surface area contributed by atoms with Crippen LogP contribution in [0.4, 0.5) is 10.1 Å². The Kier molecular flexibility index (Phi) is 5.20. The van der Waals surface area contributed by atoms with E-state index in [9.17, 15) is 18.8 Å². The molecule has 9 nitrogen and oxygen atoms in total. The second kappa shape index (κ2) is 7.98. The second-order valence-electron chi connectivity index (χ2n) is 6.97. The quantitative estimate of drug-likeness (QED) is 0.679. The van der Waals surface area contributed by atoms with E-state index in [4.69, 9.17) is 4.74 Å². The molecule has 10 heteroatoms. The molecule has 31 heavy (non-hydrogen) atoms. The van der Waals surface area contributed by atoms with Crippen molar-refractivity contribution in [2.24, 2.45) is 0 Å². The summed E-state index contributed by atoms with van der Waals surface area (Å²) in [6.07, 6.45) is 2.38. The lowest BCUT2D eigenvalue weighted by Crippen LogP contribution is -2.50. The molecule has 0 spiro atoms. The topological polar surface area (TPSA) is 106 Å². The molecule has 0 bridgehead atoms. The van der Waals surface area contributed by atoms with Crippen molar-refractivity contribution in [2.45, 2.75) is 13.0 Å². The third-order valence-electron chi connectivity index (χ3n) is 4.82. The highest BCUT2D eigenvalue weighted by atomic mass is 19.1. The molecule has 2 aromatic heterocycles. The average Bonchev–Trinajstić information content (AvgIpc) is 2.86. The van der Waals surface area contributed by atoms with Gasteiger partial charge in [-0.15, -0.1) is 0 Å². The highest BCUT2D eigenvalue weighted by molar-refractivity contribution is 6.02. The molecule has 3 heterocycles. The number of nitrogens with zero attached hydrogens (tertiary/aromatic N) is 4. The lowest BCUT2D eigenvalue weighted by Gasteiger charge is -2.20. The summed E-state index contributed by atoms with van der Waals surface area (Å²) in [5.41, 5.74) is 0.133. The van der Waals surface area contributed by atoms with Gasteiger partial charge >= 0.3 is 0 Å². The summed E-state index contributed by atoms with van der Waals surface area (Å²) in [5, 5.41) is 6.60. The minimum absolute atomic E-state index is 0.111. The zero-order chi connectivity index (χ0) is 22.1. The number of likely N-dealkylation sites (N-methyl/N-ethyl adjacent to an activating group) is 1. The van der Waals surface area contributed by atoms with Crippen LogP contribution < -0.4 is 20.4 Å². The maximum Gasteiger partial charge on any atom is 0.276 e. The van der Waals surface area contributed by atoms with Crippen LogP contribution in [0.25, 0.3) is 5.69 Å². The summed E-state index contributed by atoms with van der Waals surface area (Å²) < 4.78 is 20.5. The van der Waals surface area contributed by atoms with Gasteiger partial charge in [-0.3, -0.25) is 19.4 Å². The number of carbonyl (C=O) groups excluding carboxylic acids is 2. The van der Waals surface area contributed by atoms with Crippen molar-refractivity contribution in [1.29, 1.82) is 0 Å². The van der Waals surface area contributed by atoms with Crippen LogP contribution in [0.5, 0.6) is 5.75 Å². The van der Waals surface area contributed by atoms with Crippen molar-refractivity contribution < 1.29 is 18.7 Å². The average molecular weight is 423 g/mol. The van der Waals surface area contributed by atoms with Gasteiger partial charge in [0.25, 0.3) is 11.8 Å². The lowest BCUT2D eigenvalue weighted by molar-refractivity contribution is -0.120. The van der Waals surface area contributed by atoms with Gasteiger partial charge < -0.3 is 15.0 Å². The first-order valence-corrected chi connectivity index (χ1v) is 9.37. The van der Waals surface area contributed by atoms with E-state index in [2.05, 4.69) is 15.4 Å². The molecule has 0 radical (unpaired) electrons. The zero-order valence-corrected chi connectivity index (χ0v) is 16.7. The third kappa shape index (κ3) is 3.87. The molecule has 1 aliphatic rings. The number of benzene rings is 1. The number of ether oxygens (including phenoxy) is 1. The molecule has 0 fully saturated rings. The number of halogens is 1. The molecule has 0 aliphatic carbocycles. The number of pyridine rings is 1. The lowest BCUT2D eigenvalue weighted by atomic mass is 10.2. The fraction of sp³-hybridized carbons (Fsp3) is 0.190. The highest BCUT2D eigenvalue weighted by Crippen LogP contribution is 2.29. The van der Waals surface area contributed by atoms with Crippen LogP contribution in [0.2, 0.25) is 0 Å². The van der Waals surface area contributed by atoms with E-state index in [-0.39, 0.29) is 12.3 Å². The molecular weight excluding hydrogens is 405 g/mol. The number of amides is 2. The Morgan fingerprint density at radius 1 is 1.23 bits per heavy atom. The molecule has 4 rings (SSSR count). The van der Waals surface area contributed by atoms with Crippen LogP contribution in [0.1, 0.15) is 16.2 Å². The van der Waals surface area contributed by atoms with Gasteiger partial charge in [0.1, 0.15) is 24.2 Å². The van der Waals surface area contributed by atoms with Crippen LogP contribution in [-0.4, -0.2) is 46.3 Å². The Morgan fingerprint density at radius 2 is 2.00 bits per heavy atom. The summed E-state index contributed by atoms with van der Waals surface area (Å²) in [5.74, 6) is -1.33. The number of hydrogen-bond donors (Lipinski definition) is 1. The number of hydrogen-bond acceptors (Lipinski definition) is 6. The first-order chi connectivity index (χ1) is 14.8. The van der Waals surface area contributed by atoms with E-state index >= 15 is 0 Å². The van der Waals surface area contributed by atoms with Crippen molar-refractivity contribution in [3.63, 3.8) is 0 Å². The smallest absolute Gasteiger partial charge is 0.276 e. The summed E-state index contributed by atoms with van der Waals surface area (Å²) >= 11 is 0. The normalized spacial score (nSPS) is 15.6. The Balaban J connectivity index is 1.63. The van der Waals surface area contributed by atoms with Gasteiger partial charge in [0, 0.05) is 24.9 Å². The minimum Gasteiger partial charge on any atom is -0.489 e. The predicted molar refractivity (Wildman–Crippen MR) is 109 cm³/mol. The summed E-state index contributed by atoms with van der Waals surface area (Å²) in [6.45, 7) is 1.48. The largest absolute Gasteiger partial charge is 0.489 e. The maximum absolute atomic E-state index is 13.6. The van der Waals surface area contributed by atoms with E-state index in [0.717, 1.165) is 6.20 Å². The number of fused-ring (bicyclic) bond motifs is 1. The molecule has 3 aromatic rings. The SMILES string of the molecule is Cc1cc(=O)c(C(=O)NC2COc3ccccc3N(C)C2=O)nn1-c1cncc(F)c1. The van der Waals surface area contributed by atoms with Crippen LogP contribution in [0.3, 0.4) is 0 Å². The number of para-hydroxylation sites is 2. The van der Waals surface area contributed by atoms with Gasteiger partial charge in [0.2, 0.25) is 5.43 Å². The third-order valence-corrected chi connectivity index (χ3v) is 4.82. The molecule has 1 atom stereocenters. The van der Waals surface area contributed by atoms with Crippen LogP contribution in [0.15, 0.2) is 53.6 Å². The molecule has 0 saturated carbocycles. The van der Waals surface area contributed by atoms with Crippen molar-refractivity contribution in [2.75, 3.05) is 18.6 Å². The van der Waals surface area contributed by atoms with Crippen LogP contribution in [0, 0.1) is 12.7 Å². The molecule has 1 aromatic carbocycles. The monoisotopic (exact) mass is 423 g/mol. The van der Waals surface area contributed by atoms with E-state index in [0.29, 0.717) is 17.1 Å². The van der Waals surface area contributed by atoms with Crippen LogP contribution >= 0.6 is 0 Å². The van der Waals surface area contributed by atoms with E-state index in [1.807, 2.05) is 0 Å². The Hall–Kier alpha value is -4.08. The fourth-order valence-electron chi connectivity index (χ4n) is 3.27. The van der Waals surface area contributed by atoms with Gasteiger partial charge in [-0.1, -0.05) is 12.1 Å². The number of aryl methyl sites for hydroxylation is 1. The number of aromatic nitrogens is 3. The number of carbonyl (C=O) groups is 2. The van der Waals surface area contributed by atoms with E-state index < -0.39 is 34.8 Å². The standard InChI is InChI=1S/C21H18FN5O4/c1-12-7-17(28)19(25-27(12)14-8-13(22)9-23-10-14)20(29)24-15-11-31-18-6-4-3-5-16(18)26(2)21(15)30/h3-10,15H,11H2,1-2H3,(H,24,29). The highest BCUT2D eigenvalue weighted by Gasteiger charge is 2.31. The van der Waals surface area contributed by atoms with Gasteiger partial charge in [-0.2, -0.15) is 5.10 Å². The molecule has 1 N–H and O–H groups in total. The zero-order valence-electron chi connectivity index (χ0n) is 16.7. The number of anilines is 1. The number of nitrogens with one attached hydrogen (secondary N) is 1. The van der Waals surface area contributed by atoms with Crippen molar-refractivity contribution in [1.82, 2.24) is 20.1 Å². The van der Waals surface area contributed by atoms with E-state index in [1.54, 1.807) is 38.2 Å². The summed E-state index contributed by atoms with van der Waals surface area (Å²) in [4.78, 5) is 43.2. The fourth-order valence-corrected chi connectivity index (χ4v) is 3.27. The predicted octanol–water partition coefficient (Wildman–Crippen LogP) is 1.23. The Bertz CT molecular complexity index is 1240. The van der Waals surface area contributed by atoms with Crippen molar-refractivity contribution >= 4 is 17.5 Å². The molecule has 158 valence electrons. The van der Waals surface area contributed by atoms with E-state index in [1.165, 1.54) is 27.9 Å². The van der Waals surface area contributed by atoms with Crippen LogP contribution in [-0.2, 0) is 4.79 Å². The molecule has 1 unspecified atom stereocenters. The first-order valence-electron chi connectivity index (χ1n) is 9.37. The summed E-state index contributed by atoms with van der Waals surface area (Å²) in [6, 6.07) is 8.34. The van der Waals surface area contributed by atoms with Gasteiger partial charge in [-0.05, 0) is 19.1 Å². The van der Waals surface area contributed by atoms with Crippen molar-refractivity contribution in [3.05, 3.63) is 76.2 Å². The summed E-state index contributed by atoms with van der Waals surface area (Å²) in [7, 11) is 1.57. The Morgan fingerprint density at radius 3 is 2.77 bits per heavy atom. The van der Waals surface area contributed by atoms with Gasteiger partial charge in [0.15, 0.2) is 5.69 Å². The van der Waals surface area contributed by atoms with Gasteiger partial charge in [0.05, 0.1) is 23.8 Å². The molecule has 0 saturated heterocycles. The maximum atomic E-state index is 13.6. The van der Waals surface area contributed by atoms with Crippen molar-refractivity contribution in [3.8, 4) is 11.4 Å². The Labute approximate surface area is 176 Å². The molecule has 1 aliphatic heterocycles. The molecule has 2 amide bonds. The first kappa shape index (κ1) is 20.2. The number of rotatable bonds is 3. The second-order valence-corrected chi connectivity index (χ2v) is 6.97. The molecular formula is C21H18FN5O4. The minimum atomic E-state index is -1.03. The van der Waals surface area contributed by atoms with Gasteiger partial charge in [-0.25, -0.2) is 9.07 Å².